The minimum Gasteiger partial charge on any atom is -0.481 e. The molecule has 1 saturated carbocycles. The Kier molecular flexibility index (Phi) is 6.68. The van der Waals surface area contributed by atoms with Gasteiger partial charge in [-0.1, -0.05) is 23.7 Å². The van der Waals surface area contributed by atoms with Crippen molar-refractivity contribution in [3.63, 3.8) is 0 Å². The Morgan fingerprint density at radius 3 is 2.42 bits per heavy atom. The normalized spacial score (nSPS) is 14.5. The van der Waals surface area contributed by atoms with Gasteiger partial charge in [-0.25, -0.2) is 13.4 Å². The van der Waals surface area contributed by atoms with Gasteiger partial charge in [0.05, 0.1) is 22.3 Å². The number of carboxylic acids is 1. The van der Waals surface area contributed by atoms with Crippen LogP contribution in [0.5, 0.6) is 5.75 Å². The average Bonchev–Trinajstić information content (AvgIpc) is 3.56. The van der Waals surface area contributed by atoms with Crippen molar-refractivity contribution in [2.24, 2.45) is 0 Å². The molecule has 0 radical (unpaired) electrons. The van der Waals surface area contributed by atoms with E-state index in [1.165, 1.54) is 12.1 Å². The van der Waals surface area contributed by atoms with E-state index in [2.05, 4.69) is 10.3 Å². The second-order valence-corrected chi connectivity index (χ2v) is 11.0. The van der Waals surface area contributed by atoms with Gasteiger partial charge in [-0.05, 0) is 49.2 Å². The molecule has 2 aromatic carbocycles. The van der Waals surface area contributed by atoms with E-state index in [4.69, 9.17) is 21.4 Å². The summed E-state index contributed by atoms with van der Waals surface area (Å²) in [4.78, 5) is 28.3. The molecule has 0 aliphatic heterocycles. The van der Waals surface area contributed by atoms with Crippen molar-refractivity contribution in [2.45, 2.75) is 35.5 Å². The van der Waals surface area contributed by atoms with Gasteiger partial charge >= 0.3 is 5.97 Å². The van der Waals surface area contributed by atoms with Crippen LogP contribution in [0.4, 0.5) is 5.13 Å². The summed E-state index contributed by atoms with van der Waals surface area (Å²) in [5.74, 6) is -1.18. The molecule has 1 amide bonds. The third-order valence-corrected chi connectivity index (χ3v) is 8.23. The number of sulfone groups is 1. The van der Waals surface area contributed by atoms with Crippen molar-refractivity contribution in [1.82, 2.24) is 4.98 Å². The lowest BCUT2D eigenvalue weighted by atomic mass is 10.1. The van der Waals surface area contributed by atoms with Gasteiger partial charge in [0.15, 0.2) is 15.0 Å². The number of hydrogen-bond donors (Lipinski definition) is 2. The summed E-state index contributed by atoms with van der Waals surface area (Å²) in [6.07, 6.45) is -0.0527. The SMILES string of the molecule is O=C(O)Cc1csc(NC(=O)C(Oc2ccc(Cl)cc2)c2ccc(S(=O)(=O)C3CC3)cc2)n1. The maximum Gasteiger partial charge on any atom is 0.309 e. The van der Waals surface area contributed by atoms with Crippen molar-refractivity contribution in [3.05, 3.63) is 70.2 Å². The maximum absolute atomic E-state index is 13.1. The number of benzene rings is 2. The van der Waals surface area contributed by atoms with Crippen LogP contribution in [-0.4, -0.2) is 35.6 Å². The summed E-state index contributed by atoms with van der Waals surface area (Å²) in [5.41, 5.74) is 0.770. The highest BCUT2D eigenvalue weighted by Gasteiger charge is 2.37. The quantitative estimate of drug-likeness (QED) is 0.447. The molecule has 0 bridgehead atoms. The lowest BCUT2D eigenvalue weighted by Gasteiger charge is -2.19. The van der Waals surface area contributed by atoms with Crippen molar-refractivity contribution >= 4 is 49.8 Å². The Bertz CT molecular complexity index is 1270. The number of halogens is 1. The first-order valence-electron chi connectivity index (χ1n) is 9.95. The first-order chi connectivity index (χ1) is 15.7. The number of nitrogens with one attached hydrogen (secondary N) is 1. The molecule has 1 aliphatic carbocycles. The fourth-order valence-corrected chi connectivity index (χ4v) is 5.59. The van der Waals surface area contributed by atoms with Crippen molar-refractivity contribution in [2.75, 3.05) is 5.32 Å². The van der Waals surface area contributed by atoms with Crippen molar-refractivity contribution < 1.29 is 27.9 Å². The number of ether oxygens (including phenoxy) is 1. The molecule has 2 N–H and O–H groups in total. The van der Waals surface area contributed by atoms with Gasteiger partial charge in [-0.3, -0.25) is 14.9 Å². The fourth-order valence-electron chi connectivity index (χ4n) is 3.10. The number of carboxylic acid groups (broad SMARTS) is 1. The lowest BCUT2D eigenvalue weighted by Crippen LogP contribution is -2.25. The Morgan fingerprint density at radius 1 is 1.15 bits per heavy atom. The first kappa shape index (κ1) is 23.2. The molecule has 1 unspecified atom stereocenters. The van der Waals surface area contributed by atoms with Gasteiger partial charge < -0.3 is 9.84 Å². The van der Waals surface area contributed by atoms with E-state index in [-0.39, 0.29) is 21.7 Å². The van der Waals surface area contributed by atoms with Crippen LogP contribution in [0.1, 0.15) is 30.2 Å². The first-order valence-corrected chi connectivity index (χ1v) is 12.8. The molecule has 1 aromatic heterocycles. The average molecular weight is 507 g/mol. The number of carbonyl (C=O) groups excluding carboxylic acids is 1. The van der Waals surface area contributed by atoms with Crippen LogP contribution in [0, 0.1) is 0 Å². The van der Waals surface area contributed by atoms with E-state index in [0.29, 0.717) is 34.9 Å². The van der Waals surface area contributed by atoms with Crippen LogP contribution in [0.3, 0.4) is 0 Å². The maximum atomic E-state index is 13.1. The van der Waals surface area contributed by atoms with Gasteiger partial charge in [0.1, 0.15) is 5.75 Å². The summed E-state index contributed by atoms with van der Waals surface area (Å²) in [5, 5.41) is 13.5. The standard InChI is InChI=1S/C22H19ClN2O6S2/c23-14-3-5-16(6-4-14)31-20(21(28)25-22-24-15(12-32-22)11-19(26)27)13-1-7-17(8-2-13)33(29,30)18-9-10-18/h1-8,12,18,20H,9-11H2,(H,26,27)(H,24,25,28). The lowest BCUT2D eigenvalue weighted by molar-refractivity contribution is -0.136. The molecule has 1 fully saturated rings. The highest BCUT2D eigenvalue weighted by Crippen LogP contribution is 2.34. The van der Waals surface area contributed by atoms with Crippen molar-refractivity contribution in [3.8, 4) is 5.75 Å². The monoisotopic (exact) mass is 506 g/mol. The summed E-state index contributed by atoms with van der Waals surface area (Å²) >= 11 is 7.02. The predicted octanol–water partition coefficient (Wildman–Crippen LogP) is 4.12. The number of hydrogen-bond acceptors (Lipinski definition) is 7. The molecule has 1 aliphatic rings. The molecule has 8 nitrogen and oxygen atoms in total. The molecule has 4 rings (SSSR count). The smallest absolute Gasteiger partial charge is 0.309 e. The molecule has 33 heavy (non-hydrogen) atoms. The van der Waals surface area contributed by atoms with Crippen LogP contribution >= 0.6 is 22.9 Å². The fraction of sp³-hybridized carbons (Fsp3) is 0.227. The van der Waals surface area contributed by atoms with Crippen LogP contribution in [0.25, 0.3) is 0 Å². The number of carbonyl (C=O) groups is 2. The minimum absolute atomic E-state index is 0.206. The zero-order valence-corrected chi connectivity index (χ0v) is 19.5. The summed E-state index contributed by atoms with van der Waals surface area (Å²) in [7, 11) is -3.36. The number of nitrogens with zero attached hydrogens (tertiary/aromatic N) is 1. The highest BCUT2D eigenvalue weighted by atomic mass is 35.5. The molecule has 0 spiro atoms. The predicted molar refractivity (Wildman–Crippen MR) is 124 cm³/mol. The number of thiazole rings is 1. The molecule has 1 heterocycles. The molecule has 172 valence electrons. The van der Waals surface area contributed by atoms with E-state index >= 15 is 0 Å². The summed E-state index contributed by atoms with van der Waals surface area (Å²) < 4.78 is 30.9. The Labute approximate surface area is 199 Å². The molecular weight excluding hydrogens is 488 g/mol. The molecule has 11 heteroatoms. The van der Waals surface area contributed by atoms with E-state index in [0.717, 1.165) is 11.3 Å². The van der Waals surface area contributed by atoms with Gasteiger partial charge in [-0.2, -0.15) is 0 Å². The third kappa shape index (κ3) is 5.70. The van der Waals surface area contributed by atoms with Gasteiger partial charge in [0.2, 0.25) is 6.10 Å². The van der Waals surface area contributed by atoms with Crippen LogP contribution in [0.15, 0.2) is 58.8 Å². The van der Waals surface area contributed by atoms with Crippen LogP contribution in [0.2, 0.25) is 5.02 Å². The third-order valence-electron chi connectivity index (χ3n) is 4.89. The van der Waals surface area contributed by atoms with Crippen LogP contribution < -0.4 is 10.1 Å². The van der Waals surface area contributed by atoms with E-state index in [1.54, 1.807) is 41.8 Å². The summed E-state index contributed by atoms with van der Waals surface area (Å²) in [6.45, 7) is 0. The van der Waals surface area contributed by atoms with Gasteiger partial charge in [0.25, 0.3) is 5.91 Å². The van der Waals surface area contributed by atoms with Gasteiger partial charge in [-0.15, -0.1) is 11.3 Å². The Balaban J connectivity index is 1.58. The zero-order chi connectivity index (χ0) is 23.6. The number of rotatable bonds is 9. The van der Waals surface area contributed by atoms with Gasteiger partial charge in [0, 0.05) is 16.0 Å². The number of anilines is 1. The Morgan fingerprint density at radius 2 is 1.82 bits per heavy atom. The van der Waals surface area contributed by atoms with E-state index < -0.39 is 27.8 Å². The zero-order valence-electron chi connectivity index (χ0n) is 17.1. The topological polar surface area (TPSA) is 123 Å². The van der Waals surface area contributed by atoms with E-state index in [9.17, 15) is 18.0 Å². The molecule has 0 saturated heterocycles. The van der Waals surface area contributed by atoms with E-state index in [1.807, 2.05) is 0 Å². The van der Waals surface area contributed by atoms with Crippen molar-refractivity contribution in [1.29, 1.82) is 0 Å². The molecule has 3 aromatic rings. The largest absolute Gasteiger partial charge is 0.481 e. The number of amides is 1. The second kappa shape index (κ2) is 9.50. The highest BCUT2D eigenvalue weighted by molar-refractivity contribution is 7.92. The number of aliphatic carboxylic acids is 1. The molecular formula is C22H19ClN2O6S2. The second-order valence-electron chi connectivity index (χ2n) is 7.47. The number of aromatic nitrogens is 1. The minimum atomic E-state index is -3.36. The molecule has 1 atom stereocenters. The van der Waals surface area contributed by atoms with Crippen LogP contribution in [-0.2, 0) is 25.8 Å². The summed E-state index contributed by atoms with van der Waals surface area (Å²) in [6, 6.07) is 12.5. The Hall–Kier alpha value is -2.95.